The van der Waals surface area contributed by atoms with Gasteiger partial charge >= 0.3 is 0 Å². The lowest BCUT2D eigenvalue weighted by Gasteiger charge is -2.21. The first-order valence-electron chi connectivity index (χ1n) is 7.82. The van der Waals surface area contributed by atoms with Crippen LogP contribution in [0, 0.1) is 6.92 Å². The summed E-state index contributed by atoms with van der Waals surface area (Å²) in [5, 5.41) is 13.8. The number of benzene rings is 2. The summed E-state index contributed by atoms with van der Waals surface area (Å²) in [6.07, 6.45) is 0.897. The first-order chi connectivity index (χ1) is 10.7. The van der Waals surface area contributed by atoms with Crippen molar-refractivity contribution in [2.75, 3.05) is 18.1 Å². The lowest BCUT2D eigenvalue weighted by molar-refractivity contribution is 0.0675. The van der Waals surface area contributed by atoms with E-state index in [2.05, 4.69) is 60.8 Å². The van der Waals surface area contributed by atoms with Crippen molar-refractivity contribution in [2.24, 2.45) is 0 Å². The van der Waals surface area contributed by atoms with Gasteiger partial charge in [-0.25, -0.2) is 0 Å². The summed E-state index contributed by atoms with van der Waals surface area (Å²) >= 11 is 1.84. The molecule has 2 aromatic rings. The Morgan fingerprint density at radius 3 is 2.82 bits per heavy atom. The molecule has 1 aliphatic heterocycles. The maximum atomic E-state index is 10.4. The van der Waals surface area contributed by atoms with Crippen LogP contribution < -0.4 is 5.32 Å². The number of hydrogen-bond acceptors (Lipinski definition) is 3. The van der Waals surface area contributed by atoms with Crippen LogP contribution in [0.4, 0.5) is 0 Å². The van der Waals surface area contributed by atoms with Gasteiger partial charge in [0.2, 0.25) is 0 Å². The van der Waals surface area contributed by atoms with Crippen molar-refractivity contribution < 1.29 is 5.11 Å². The zero-order valence-electron chi connectivity index (χ0n) is 13.0. The lowest BCUT2D eigenvalue weighted by Crippen LogP contribution is -2.40. The molecular formula is C19H23NOS. The van der Waals surface area contributed by atoms with E-state index in [4.69, 9.17) is 0 Å². The van der Waals surface area contributed by atoms with E-state index in [0.717, 1.165) is 24.5 Å². The molecular weight excluding hydrogens is 290 g/mol. The first-order valence-corrected chi connectivity index (χ1v) is 8.98. The van der Waals surface area contributed by atoms with Gasteiger partial charge in [0, 0.05) is 18.8 Å². The Kier molecular flexibility index (Phi) is 4.87. The van der Waals surface area contributed by atoms with Crippen molar-refractivity contribution in [1.82, 2.24) is 5.32 Å². The highest BCUT2D eigenvalue weighted by Gasteiger charge is 2.30. The third-order valence-corrected chi connectivity index (χ3v) is 5.48. The average Bonchev–Trinajstić information content (AvgIpc) is 2.95. The zero-order chi connectivity index (χ0) is 15.4. The molecule has 1 fully saturated rings. The average molecular weight is 313 g/mol. The van der Waals surface area contributed by atoms with E-state index in [0.29, 0.717) is 6.54 Å². The van der Waals surface area contributed by atoms with E-state index in [-0.39, 0.29) is 0 Å². The Hall–Kier alpha value is -1.29. The lowest BCUT2D eigenvalue weighted by atomic mass is 9.99. The summed E-state index contributed by atoms with van der Waals surface area (Å²) in [5.41, 5.74) is 4.58. The SMILES string of the molecule is Cc1ccccc1-c1cccc(CNCC2(O)CCSC2)c1. The molecule has 116 valence electrons. The summed E-state index contributed by atoms with van der Waals surface area (Å²) in [7, 11) is 0. The number of hydrogen-bond donors (Lipinski definition) is 2. The molecule has 3 rings (SSSR count). The summed E-state index contributed by atoms with van der Waals surface area (Å²) in [5.74, 6) is 1.92. The van der Waals surface area contributed by atoms with Crippen LogP contribution in [0.3, 0.4) is 0 Å². The minimum Gasteiger partial charge on any atom is -0.388 e. The predicted molar refractivity (Wildman–Crippen MR) is 95.2 cm³/mol. The number of rotatable bonds is 5. The second kappa shape index (κ2) is 6.86. The molecule has 22 heavy (non-hydrogen) atoms. The van der Waals surface area contributed by atoms with E-state index < -0.39 is 5.60 Å². The van der Waals surface area contributed by atoms with Gasteiger partial charge in [0.15, 0.2) is 0 Å². The summed E-state index contributed by atoms with van der Waals surface area (Å²) < 4.78 is 0. The Morgan fingerprint density at radius 2 is 2.05 bits per heavy atom. The molecule has 2 nitrogen and oxygen atoms in total. The van der Waals surface area contributed by atoms with Crippen molar-refractivity contribution in [3.8, 4) is 11.1 Å². The molecule has 1 heterocycles. The van der Waals surface area contributed by atoms with Crippen LogP contribution in [-0.2, 0) is 6.54 Å². The fourth-order valence-corrected chi connectivity index (χ4v) is 4.22. The van der Waals surface area contributed by atoms with Crippen LogP contribution in [0.15, 0.2) is 48.5 Å². The van der Waals surface area contributed by atoms with Gasteiger partial charge in [0.05, 0.1) is 5.60 Å². The van der Waals surface area contributed by atoms with E-state index in [1.165, 1.54) is 22.3 Å². The highest BCUT2D eigenvalue weighted by molar-refractivity contribution is 7.99. The standard InChI is InChI=1S/C19H23NOS/c1-15-5-2-3-8-18(15)17-7-4-6-16(11-17)12-20-13-19(21)9-10-22-14-19/h2-8,11,20-21H,9-10,12-14H2,1H3. The van der Waals surface area contributed by atoms with Crippen LogP contribution >= 0.6 is 11.8 Å². The maximum absolute atomic E-state index is 10.4. The molecule has 1 saturated heterocycles. The largest absolute Gasteiger partial charge is 0.388 e. The Bertz CT molecular complexity index is 635. The van der Waals surface area contributed by atoms with Crippen molar-refractivity contribution in [3.63, 3.8) is 0 Å². The van der Waals surface area contributed by atoms with E-state index in [1.807, 2.05) is 11.8 Å². The van der Waals surface area contributed by atoms with Crippen molar-refractivity contribution >= 4 is 11.8 Å². The van der Waals surface area contributed by atoms with Gasteiger partial charge in [0.1, 0.15) is 0 Å². The van der Waals surface area contributed by atoms with Gasteiger partial charge in [-0.1, -0.05) is 42.5 Å². The quantitative estimate of drug-likeness (QED) is 0.884. The molecule has 1 aliphatic rings. The van der Waals surface area contributed by atoms with Gasteiger partial charge in [-0.2, -0.15) is 11.8 Å². The molecule has 2 N–H and O–H groups in total. The molecule has 0 bridgehead atoms. The third-order valence-electron chi connectivity index (χ3n) is 4.25. The molecule has 3 heteroatoms. The van der Waals surface area contributed by atoms with Crippen molar-refractivity contribution in [2.45, 2.75) is 25.5 Å². The summed E-state index contributed by atoms with van der Waals surface area (Å²) in [6, 6.07) is 17.1. The Morgan fingerprint density at radius 1 is 1.18 bits per heavy atom. The number of nitrogens with one attached hydrogen (secondary N) is 1. The second-order valence-electron chi connectivity index (χ2n) is 6.15. The van der Waals surface area contributed by atoms with Crippen LogP contribution in [0.25, 0.3) is 11.1 Å². The van der Waals surface area contributed by atoms with E-state index >= 15 is 0 Å². The van der Waals surface area contributed by atoms with Crippen LogP contribution in [-0.4, -0.2) is 28.8 Å². The smallest absolute Gasteiger partial charge is 0.0869 e. The number of thioether (sulfide) groups is 1. The van der Waals surface area contributed by atoms with Gasteiger partial charge in [-0.05, 0) is 47.4 Å². The molecule has 1 unspecified atom stereocenters. The Labute approximate surface area is 137 Å². The number of aryl methyl sites for hydroxylation is 1. The first kappa shape index (κ1) is 15.6. The van der Waals surface area contributed by atoms with Gasteiger partial charge in [0.25, 0.3) is 0 Å². The van der Waals surface area contributed by atoms with Crippen LogP contribution in [0.5, 0.6) is 0 Å². The molecule has 0 aromatic heterocycles. The summed E-state index contributed by atoms with van der Waals surface area (Å²) in [4.78, 5) is 0. The molecule has 2 aromatic carbocycles. The van der Waals surface area contributed by atoms with Gasteiger partial charge in [-0.15, -0.1) is 0 Å². The molecule has 0 aliphatic carbocycles. The molecule has 0 radical (unpaired) electrons. The molecule has 1 atom stereocenters. The fraction of sp³-hybridized carbons (Fsp3) is 0.368. The van der Waals surface area contributed by atoms with Crippen LogP contribution in [0.1, 0.15) is 17.5 Å². The predicted octanol–water partition coefficient (Wildman–Crippen LogP) is 3.62. The molecule has 0 amide bonds. The van der Waals surface area contributed by atoms with Crippen molar-refractivity contribution in [1.29, 1.82) is 0 Å². The van der Waals surface area contributed by atoms with Crippen molar-refractivity contribution in [3.05, 3.63) is 59.7 Å². The monoisotopic (exact) mass is 313 g/mol. The zero-order valence-corrected chi connectivity index (χ0v) is 13.8. The molecule has 0 spiro atoms. The minimum atomic E-state index is -0.516. The van der Waals surface area contributed by atoms with Gasteiger partial charge in [-0.3, -0.25) is 0 Å². The van der Waals surface area contributed by atoms with E-state index in [1.54, 1.807) is 0 Å². The van der Waals surface area contributed by atoms with Gasteiger partial charge < -0.3 is 10.4 Å². The normalized spacial score (nSPS) is 21.2. The van der Waals surface area contributed by atoms with Crippen LogP contribution in [0.2, 0.25) is 0 Å². The Balaban J connectivity index is 1.65. The maximum Gasteiger partial charge on any atom is 0.0869 e. The minimum absolute atomic E-state index is 0.516. The van der Waals surface area contributed by atoms with E-state index in [9.17, 15) is 5.11 Å². The molecule has 0 saturated carbocycles. The number of aliphatic hydroxyl groups is 1. The second-order valence-corrected chi connectivity index (χ2v) is 7.25. The third kappa shape index (κ3) is 3.72. The fourth-order valence-electron chi connectivity index (χ4n) is 2.92. The highest BCUT2D eigenvalue weighted by Crippen LogP contribution is 2.27. The highest BCUT2D eigenvalue weighted by atomic mass is 32.2. The topological polar surface area (TPSA) is 32.3 Å². The summed E-state index contributed by atoms with van der Waals surface area (Å²) in [6.45, 7) is 3.62.